The van der Waals surface area contributed by atoms with Crippen molar-refractivity contribution in [1.82, 2.24) is 19.4 Å². The van der Waals surface area contributed by atoms with E-state index in [1.807, 2.05) is 19.1 Å². The lowest BCUT2D eigenvalue weighted by Gasteiger charge is -2.34. The number of carbonyl (C=O) groups excluding carboxylic acids is 4. The molecule has 4 amide bonds. The third-order valence-corrected chi connectivity index (χ3v) is 8.60. The number of nitrogens with zero attached hydrogens (tertiary/aromatic N) is 3. The summed E-state index contributed by atoms with van der Waals surface area (Å²) in [4.78, 5) is 52.5. The highest BCUT2D eigenvalue weighted by Gasteiger charge is 2.49. The van der Waals surface area contributed by atoms with Crippen LogP contribution in [-0.4, -0.2) is 78.9 Å². The van der Waals surface area contributed by atoms with E-state index in [2.05, 4.69) is 5.32 Å². The number of sulfonamides is 1. The van der Waals surface area contributed by atoms with Gasteiger partial charge in [0, 0.05) is 31.7 Å². The van der Waals surface area contributed by atoms with Crippen LogP contribution in [0.15, 0.2) is 53.4 Å². The van der Waals surface area contributed by atoms with E-state index in [0.29, 0.717) is 11.1 Å². The number of Topliss-reactive ketones (excluding diaryl/α,β-unsaturated/α-hetero) is 1. The number of ketones is 1. The third kappa shape index (κ3) is 4.63. The monoisotopic (exact) mass is 512 g/mol. The Morgan fingerprint density at radius 2 is 1.53 bits per heavy atom. The second-order valence-corrected chi connectivity index (χ2v) is 11.1. The minimum Gasteiger partial charge on any atom is -0.338 e. The van der Waals surface area contributed by atoms with Gasteiger partial charge in [-0.3, -0.25) is 19.3 Å². The van der Waals surface area contributed by atoms with Crippen molar-refractivity contribution in [1.29, 1.82) is 0 Å². The number of carbonyl (C=O) groups is 4. The van der Waals surface area contributed by atoms with Crippen LogP contribution in [-0.2, 0) is 25.2 Å². The Balaban J connectivity index is 1.38. The van der Waals surface area contributed by atoms with Crippen LogP contribution in [0.1, 0.15) is 35.3 Å². The molecule has 1 N–H and O–H groups in total. The average Bonchev–Trinajstić information content (AvgIpc) is 3.08. The molecule has 190 valence electrons. The Morgan fingerprint density at radius 1 is 0.944 bits per heavy atom. The molecule has 0 aromatic heterocycles. The SMILES string of the molecule is CC(=O)c1ccc(S(=O)(=O)N2CCN(C(=O)CN3C(=O)NC(C)(c4ccc(C)cc4)C3=O)CC2)cc1. The average molecular weight is 513 g/mol. The summed E-state index contributed by atoms with van der Waals surface area (Å²) in [6.07, 6.45) is 0. The number of nitrogens with one attached hydrogen (secondary N) is 1. The van der Waals surface area contributed by atoms with Crippen molar-refractivity contribution < 1.29 is 27.6 Å². The zero-order valence-electron chi connectivity index (χ0n) is 20.4. The first-order valence-corrected chi connectivity index (χ1v) is 13.0. The summed E-state index contributed by atoms with van der Waals surface area (Å²) < 4.78 is 27.2. The Kier molecular flexibility index (Phi) is 6.72. The van der Waals surface area contributed by atoms with Crippen LogP contribution in [0.25, 0.3) is 0 Å². The van der Waals surface area contributed by atoms with E-state index in [1.165, 1.54) is 40.4 Å². The molecule has 2 aromatic rings. The number of rotatable bonds is 6. The minimum absolute atomic E-state index is 0.0713. The van der Waals surface area contributed by atoms with Gasteiger partial charge in [-0.25, -0.2) is 13.2 Å². The highest BCUT2D eigenvalue weighted by Crippen LogP contribution is 2.29. The number of hydrogen-bond donors (Lipinski definition) is 1. The summed E-state index contributed by atoms with van der Waals surface area (Å²) in [5.74, 6) is -1.11. The van der Waals surface area contributed by atoms with Gasteiger partial charge >= 0.3 is 6.03 Å². The van der Waals surface area contributed by atoms with E-state index in [4.69, 9.17) is 0 Å². The summed E-state index contributed by atoms with van der Waals surface area (Å²) in [6.45, 7) is 4.90. The van der Waals surface area contributed by atoms with Crippen LogP contribution >= 0.6 is 0 Å². The summed E-state index contributed by atoms with van der Waals surface area (Å²) in [5, 5.41) is 2.69. The number of urea groups is 1. The first-order chi connectivity index (χ1) is 16.9. The van der Waals surface area contributed by atoms with Crippen molar-refractivity contribution in [3.63, 3.8) is 0 Å². The molecule has 4 rings (SSSR count). The standard InChI is InChI=1S/C25H28N4O6S/c1-17-4-8-20(9-5-17)25(3)23(32)29(24(33)26-25)16-22(31)27-12-14-28(15-13-27)36(34,35)21-10-6-19(7-11-21)18(2)30/h4-11H,12-16H2,1-3H3,(H,26,33). The first-order valence-electron chi connectivity index (χ1n) is 11.5. The molecular formula is C25H28N4O6S. The maximum atomic E-state index is 13.1. The molecule has 2 aliphatic rings. The van der Waals surface area contributed by atoms with Gasteiger partial charge in [-0.2, -0.15) is 4.31 Å². The third-order valence-electron chi connectivity index (χ3n) is 6.69. The molecule has 1 atom stereocenters. The van der Waals surface area contributed by atoms with Gasteiger partial charge in [-0.15, -0.1) is 0 Å². The van der Waals surface area contributed by atoms with E-state index in [-0.39, 0.29) is 36.9 Å². The first kappa shape index (κ1) is 25.5. The number of amides is 4. The van der Waals surface area contributed by atoms with E-state index < -0.39 is 40.0 Å². The maximum Gasteiger partial charge on any atom is 0.325 e. The molecule has 0 radical (unpaired) electrons. The lowest BCUT2D eigenvalue weighted by molar-refractivity contribution is -0.139. The zero-order chi connectivity index (χ0) is 26.3. The molecular weight excluding hydrogens is 484 g/mol. The maximum absolute atomic E-state index is 13.1. The number of imide groups is 1. The largest absolute Gasteiger partial charge is 0.338 e. The Hall–Kier alpha value is -3.57. The lowest BCUT2D eigenvalue weighted by Crippen LogP contribution is -2.53. The van der Waals surface area contributed by atoms with E-state index in [1.54, 1.807) is 19.1 Å². The normalized spacial score (nSPS) is 21.0. The predicted molar refractivity (Wildman–Crippen MR) is 131 cm³/mol. The number of piperazine rings is 1. The van der Waals surface area contributed by atoms with Gasteiger partial charge in [0.1, 0.15) is 12.1 Å². The van der Waals surface area contributed by atoms with Crippen LogP contribution in [0.5, 0.6) is 0 Å². The topological polar surface area (TPSA) is 124 Å². The molecule has 0 bridgehead atoms. The van der Waals surface area contributed by atoms with Crippen molar-refractivity contribution in [2.75, 3.05) is 32.7 Å². The fourth-order valence-corrected chi connectivity index (χ4v) is 5.77. The van der Waals surface area contributed by atoms with E-state index in [9.17, 15) is 27.6 Å². The summed E-state index contributed by atoms with van der Waals surface area (Å²) in [7, 11) is -3.79. The van der Waals surface area contributed by atoms with Crippen LogP contribution in [0.3, 0.4) is 0 Å². The van der Waals surface area contributed by atoms with Gasteiger partial charge in [-0.1, -0.05) is 42.0 Å². The van der Waals surface area contributed by atoms with E-state index in [0.717, 1.165) is 10.5 Å². The fourth-order valence-electron chi connectivity index (χ4n) is 4.35. The van der Waals surface area contributed by atoms with Gasteiger partial charge in [0.25, 0.3) is 5.91 Å². The number of hydrogen-bond acceptors (Lipinski definition) is 6. The minimum atomic E-state index is -3.79. The summed E-state index contributed by atoms with van der Waals surface area (Å²) in [5.41, 5.74) is 0.788. The lowest BCUT2D eigenvalue weighted by atomic mass is 9.91. The predicted octanol–water partition coefficient (Wildman–Crippen LogP) is 1.50. The molecule has 36 heavy (non-hydrogen) atoms. The van der Waals surface area contributed by atoms with Gasteiger partial charge in [0.05, 0.1) is 4.90 Å². The van der Waals surface area contributed by atoms with Gasteiger partial charge in [-0.05, 0) is 38.5 Å². The Morgan fingerprint density at radius 3 is 2.08 bits per heavy atom. The molecule has 2 aromatic carbocycles. The van der Waals surface area contributed by atoms with Gasteiger partial charge < -0.3 is 10.2 Å². The van der Waals surface area contributed by atoms with Gasteiger partial charge in [0.2, 0.25) is 15.9 Å². The molecule has 11 heteroatoms. The Labute approximate surface area is 209 Å². The molecule has 2 heterocycles. The van der Waals surface area contributed by atoms with Crippen LogP contribution in [0.2, 0.25) is 0 Å². The molecule has 0 spiro atoms. The van der Waals surface area contributed by atoms with Crippen molar-refractivity contribution in [3.8, 4) is 0 Å². The smallest absolute Gasteiger partial charge is 0.325 e. The quantitative estimate of drug-likeness (QED) is 0.462. The van der Waals surface area contributed by atoms with Crippen molar-refractivity contribution >= 4 is 33.7 Å². The van der Waals surface area contributed by atoms with Crippen molar-refractivity contribution in [3.05, 3.63) is 65.2 Å². The number of aryl methyl sites for hydroxylation is 1. The highest BCUT2D eigenvalue weighted by atomic mass is 32.2. The highest BCUT2D eigenvalue weighted by molar-refractivity contribution is 7.89. The van der Waals surface area contributed by atoms with Crippen LogP contribution in [0, 0.1) is 6.92 Å². The molecule has 2 aliphatic heterocycles. The van der Waals surface area contributed by atoms with Crippen molar-refractivity contribution in [2.45, 2.75) is 31.2 Å². The summed E-state index contributed by atoms with van der Waals surface area (Å²) >= 11 is 0. The zero-order valence-corrected chi connectivity index (χ0v) is 21.2. The second kappa shape index (κ2) is 9.47. The van der Waals surface area contributed by atoms with Gasteiger partial charge in [0.15, 0.2) is 5.78 Å². The van der Waals surface area contributed by atoms with Crippen LogP contribution in [0.4, 0.5) is 4.79 Å². The molecule has 0 aliphatic carbocycles. The van der Waals surface area contributed by atoms with Crippen molar-refractivity contribution in [2.24, 2.45) is 0 Å². The number of benzene rings is 2. The molecule has 2 saturated heterocycles. The molecule has 2 fully saturated rings. The Bertz CT molecular complexity index is 1320. The fraction of sp³-hybridized carbons (Fsp3) is 0.360. The molecule has 0 saturated carbocycles. The molecule has 1 unspecified atom stereocenters. The summed E-state index contributed by atoms with van der Waals surface area (Å²) in [6, 6.07) is 12.3. The van der Waals surface area contributed by atoms with E-state index >= 15 is 0 Å². The molecule has 10 nitrogen and oxygen atoms in total. The van der Waals surface area contributed by atoms with Crippen LogP contribution < -0.4 is 5.32 Å². The second-order valence-electron chi connectivity index (χ2n) is 9.18.